The van der Waals surface area contributed by atoms with Crippen LogP contribution in [-0.4, -0.2) is 48.3 Å². The van der Waals surface area contributed by atoms with Gasteiger partial charge in [0, 0.05) is 23.1 Å². The van der Waals surface area contributed by atoms with E-state index in [0.29, 0.717) is 18.7 Å². The van der Waals surface area contributed by atoms with E-state index in [2.05, 4.69) is 26.6 Å². The molecule has 1 saturated heterocycles. The zero-order valence-electron chi connectivity index (χ0n) is 11.6. The molecule has 0 spiro atoms. The van der Waals surface area contributed by atoms with Crippen molar-refractivity contribution in [3.8, 4) is 0 Å². The number of hydrogen-bond acceptors (Lipinski definition) is 3. The Balaban J connectivity index is 1.92. The van der Waals surface area contributed by atoms with Gasteiger partial charge in [-0.2, -0.15) is 0 Å². The van der Waals surface area contributed by atoms with Gasteiger partial charge in [0.05, 0.1) is 6.54 Å². The molecule has 112 valence electrons. The SMILES string of the molecule is CC1C(=O)NCCN1C(=O)CNC(=O)c1cccc(Br)c1. The van der Waals surface area contributed by atoms with Gasteiger partial charge in [0.2, 0.25) is 11.8 Å². The molecule has 1 aliphatic rings. The zero-order chi connectivity index (χ0) is 15.4. The minimum atomic E-state index is -0.506. The number of rotatable bonds is 3. The maximum absolute atomic E-state index is 12.1. The number of hydrogen-bond donors (Lipinski definition) is 2. The van der Waals surface area contributed by atoms with Crippen LogP contribution in [0.5, 0.6) is 0 Å². The predicted octanol–water partition coefficient (Wildman–Crippen LogP) is 0.526. The van der Waals surface area contributed by atoms with Crippen LogP contribution in [0.1, 0.15) is 17.3 Å². The van der Waals surface area contributed by atoms with Crippen molar-refractivity contribution in [1.82, 2.24) is 15.5 Å². The summed E-state index contributed by atoms with van der Waals surface area (Å²) < 4.78 is 0.794. The molecule has 1 aliphatic heterocycles. The molecule has 1 fully saturated rings. The third kappa shape index (κ3) is 3.81. The standard InChI is InChI=1S/C14H16BrN3O3/c1-9-13(20)16-5-6-18(9)12(19)8-17-14(21)10-3-2-4-11(15)7-10/h2-4,7,9H,5-6,8H2,1H3,(H,16,20)(H,17,21). The number of amides is 3. The van der Waals surface area contributed by atoms with Crippen LogP contribution in [0.4, 0.5) is 0 Å². The smallest absolute Gasteiger partial charge is 0.251 e. The van der Waals surface area contributed by atoms with Gasteiger partial charge in [-0.1, -0.05) is 22.0 Å². The van der Waals surface area contributed by atoms with Crippen molar-refractivity contribution in [2.24, 2.45) is 0 Å². The molecule has 0 aliphatic carbocycles. The lowest BCUT2D eigenvalue weighted by Gasteiger charge is -2.32. The Morgan fingerprint density at radius 3 is 2.95 bits per heavy atom. The zero-order valence-corrected chi connectivity index (χ0v) is 13.1. The predicted molar refractivity (Wildman–Crippen MR) is 80.7 cm³/mol. The molecule has 0 bridgehead atoms. The van der Waals surface area contributed by atoms with E-state index in [1.54, 1.807) is 25.1 Å². The Labute approximate surface area is 131 Å². The van der Waals surface area contributed by atoms with E-state index in [1.807, 2.05) is 6.07 Å². The van der Waals surface area contributed by atoms with Crippen LogP contribution in [0, 0.1) is 0 Å². The second-order valence-corrected chi connectivity index (χ2v) is 5.66. The first kappa shape index (κ1) is 15.5. The number of benzene rings is 1. The molecule has 2 rings (SSSR count). The van der Waals surface area contributed by atoms with Crippen molar-refractivity contribution in [2.75, 3.05) is 19.6 Å². The summed E-state index contributed by atoms with van der Waals surface area (Å²) in [5, 5.41) is 5.26. The number of nitrogens with zero attached hydrogens (tertiary/aromatic N) is 1. The lowest BCUT2D eigenvalue weighted by molar-refractivity contribution is -0.141. The maximum Gasteiger partial charge on any atom is 0.251 e. The van der Waals surface area contributed by atoms with Crippen molar-refractivity contribution >= 4 is 33.7 Å². The summed E-state index contributed by atoms with van der Waals surface area (Å²) in [6, 6.07) is 6.40. The fourth-order valence-electron chi connectivity index (χ4n) is 2.11. The number of piperazine rings is 1. The van der Waals surface area contributed by atoms with Crippen molar-refractivity contribution < 1.29 is 14.4 Å². The molecule has 2 N–H and O–H groups in total. The monoisotopic (exact) mass is 353 g/mol. The van der Waals surface area contributed by atoms with Crippen LogP contribution >= 0.6 is 15.9 Å². The Hall–Kier alpha value is -1.89. The summed E-state index contributed by atoms with van der Waals surface area (Å²) in [6.45, 7) is 2.44. The van der Waals surface area contributed by atoms with E-state index >= 15 is 0 Å². The van der Waals surface area contributed by atoms with Gasteiger partial charge >= 0.3 is 0 Å². The first-order chi connectivity index (χ1) is 9.99. The van der Waals surface area contributed by atoms with Gasteiger partial charge in [-0.05, 0) is 25.1 Å². The minimum Gasteiger partial charge on any atom is -0.353 e. The molecule has 6 nitrogen and oxygen atoms in total. The Morgan fingerprint density at radius 1 is 1.48 bits per heavy atom. The number of carbonyl (C=O) groups excluding carboxylic acids is 3. The van der Waals surface area contributed by atoms with Gasteiger partial charge in [-0.15, -0.1) is 0 Å². The highest BCUT2D eigenvalue weighted by atomic mass is 79.9. The molecule has 21 heavy (non-hydrogen) atoms. The quantitative estimate of drug-likeness (QED) is 0.831. The number of nitrogens with one attached hydrogen (secondary N) is 2. The molecule has 1 aromatic carbocycles. The van der Waals surface area contributed by atoms with Gasteiger partial charge in [0.1, 0.15) is 6.04 Å². The average Bonchev–Trinajstić information content (AvgIpc) is 2.47. The van der Waals surface area contributed by atoms with Crippen LogP contribution in [0.25, 0.3) is 0 Å². The normalized spacial score (nSPS) is 18.1. The second-order valence-electron chi connectivity index (χ2n) is 4.75. The Kier molecular flexibility index (Phi) is 4.95. The summed E-state index contributed by atoms with van der Waals surface area (Å²) in [5.41, 5.74) is 0.474. The van der Waals surface area contributed by atoms with Gasteiger partial charge in [0.25, 0.3) is 5.91 Å². The van der Waals surface area contributed by atoms with Gasteiger partial charge in [-0.3, -0.25) is 14.4 Å². The molecule has 0 radical (unpaired) electrons. The second kappa shape index (κ2) is 6.71. The summed E-state index contributed by atoms with van der Waals surface area (Å²) in [7, 11) is 0. The molecule has 1 atom stereocenters. The lowest BCUT2D eigenvalue weighted by Crippen LogP contribution is -2.57. The van der Waals surface area contributed by atoms with E-state index in [-0.39, 0.29) is 24.3 Å². The van der Waals surface area contributed by atoms with Crippen molar-refractivity contribution in [3.63, 3.8) is 0 Å². The van der Waals surface area contributed by atoms with E-state index in [0.717, 1.165) is 4.47 Å². The van der Waals surface area contributed by atoms with E-state index in [1.165, 1.54) is 4.90 Å². The topological polar surface area (TPSA) is 78.5 Å². The summed E-state index contributed by atoms with van der Waals surface area (Å²) in [6.07, 6.45) is 0. The van der Waals surface area contributed by atoms with Crippen LogP contribution < -0.4 is 10.6 Å². The highest BCUT2D eigenvalue weighted by molar-refractivity contribution is 9.10. The molecule has 1 unspecified atom stereocenters. The Bertz CT molecular complexity index is 576. The number of halogens is 1. The van der Waals surface area contributed by atoms with Crippen molar-refractivity contribution in [1.29, 1.82) is 0 Å². The summed E-state index contributed by atoms with van der Waals surface area (Å²) in [4.78, 5) is 37.0. The molecule has 1 aromatic rings. The van der Waals surface area contributed by atoms with E-state index in [4.69, 9.17) is 0 Å². The van der Waals surface area contributed by atoms with Crippen LogP contribution in [0.2, 0.25) is 0 Å². The molecule has 7 heteroatoms. The Morgan fingerprint density at radius 2 is 2.24 bits per heavy atom. The van der Waals surface area contributed by atoms with Crippen molar-refractivity contribution in [3.05, 3.63) is 34.3 Å². The third-order valence-corrected chi connectivity index (χ3v) is 3.80. The average molecular weight is 354 g/mol. The molecule has 1 heterocycles. The van der Waals surface area contributed by atoms with E-state index < -0.39 is 6.04 Å². The summed E-state index contributed by atoms with van der Waals surface area (Å²) >= 11 is 3.29. The fraction of sp³-hybridized carbons (Fsp3) is 0.357. The van der Waals surface area contributed by atoms with Crippen LogP contribution in [0.3, 0.4) is 0 Å². The molecule has 0 saturated carbocycles. The number of carbonyl (C=O) groups is 3. The lowest BCUT2D eigenvalue weighted by atomic mass is 10.2. The molecular formula is C14H16BrN3O3. The van der Waals surface area contributed by atoms with E-state index in [9.17, 15) is 14.4 Å². The summed E-state index contributed by atoms with van der Waals surface area (Å²) in [5.74, 6) is -0.757. The highest BCUT2D eigenvalue weighted by Gasteiger charge is 2.29. The largest absolute Gasteiger partial charge is 0.353 e. The minimum absolute atomic E-state index is 0.122. The molecule has 3 amide bonds. The first-order valence-corrected chi connectivity index (χ1v) is 7.39. The van der Waals surface area contributed by atoms with Gasteiger partial charge < -0.3 is 15.5 Å². The molecular weight excluding hydrogens is 338 g/mol. The van der Waals surface area contributed by atoms with Crippen LogP contribution in [0.15, 0.2) is 28.7 Å². The van der Waals surface area contributed by atoms with Gasteiger partial charge in [0.15, 0.2) is 0 Å². The fourth-order valence-corrected chi connectivity index (χ4v) is 2.51. The van der Waals surface area contributed by atoms with Crippen LogP contribution in [-0.2, 0) is 9.59 Å². The highest BCUT2D eigenvalue weighted by Crippen LogP contribution is 2.11. The van der Waals surface area contributed by atoms with Crippen molar-refractivity contribution in [2.45, 2.75) is 13.0 Å². The van der Waals surface area contributed by atoms with Gasteiger partial charge in [-0.25, -0.2) is 0 Å². The third-order valence-electron chi connectivity index (χ3n) is 3.31. The maximum atomic E-state index is 12.1. The first-order valence-electron chi connectivity index (χ1n) is 6.60. The molecule has 0 aromatic heterocycles.